The summed E-state index contributed by atoms with van der Waals surface area (Å²) < 4.78 is 22.7. The Bertz CT molecular complexity index is 656. The van der Waals surface area contributed by atoms with Crippen LogP contribution in [0.3, 0.4) is 0 Å². The molecule has 6 nitrogen and oxygen atoms in total. The van der Waals surface area contributed by atoms with Gasteiger partial charge in [0.1, 0.15) is 9.84 Å². The summed E-state index contributed by atoms with van der Waals surface area (Å²) in [5, 5.41) is 5.44. The smallest absolute Gasteiger partial charge is 0.224 e. The molecule has 1 aliphatic heterocycles. The second-order valence-electron chi connectivity index (χ2n) is 5.61. The number of hydrogen-bond donors (Lipinski definition) is 2. The van der Waals surface area contributed by atoms with Gasteiger partial charge in [-0.15, -0.1) is 0 Å². The lowest BCUT2D eigenvalue weighted by atomic mass is 9.98. The van der Waals surface area contributed by atoms with Crippen LogP contribution in [0.2, 0.25) is 0 Å². The van der Waals surface area contributed by atoms with Crippen LogP contribution in [-0.2, 0) is 19.4 Å². The minimum absolute atomic E-state index is 0.113. The van der Waals surface area contributed by atoms with E-state index in [2.05, 4.69) is 10.6 Å². The molecule has 0 saturated carbocycles. The van der Waals surface area contributed by atoms with E-state index < -0.39 is 9.84 Å². The van der Waals surface area contributed by atoms with Gasteiger partial charge in [0.2, 0.25) is 11.8 Å². The zero-order chi connectivity index (χ0) is 16.2. The number of sulfone groups is 1. The number of hydrogen-bond acceptors (Lipinski definition) is 4. The molecule has 0 aliphatic carbocycles. The molecule has 0 aromatic heterocycles. The van der Waals surface area contributed by atoms with E-state index in [1.165, 1.54) is 6.92 Å². The lowest BCUT2D eigenvalue weighted by Gasteiger charge is -2.21. The molecule has 2 amide bonds. The highest BCUT2D eigenvalue weighted by atomic mass is 32.2. The van der Waals surface area contributed by atoms with E-state index in [0.717, 1.165) is 0 Å². The summed E-state index contributed by atoms with van der Waals surface area (Å²) in [6.07, 6.45) is 1.41. The molecule has 0 spiro atoms. The van der Waals surface area contributed by atoms with Crippen LogP contribution in [0.5, 0.6) is 0 Å². The Morgan fingerprint density at radius 3 is 2.32 bits per heavy atom. The molecule has 0 bridgehead atoms. The molecular weight excluding hydrogens is 304 g/mol. The molecule has 1 fully saturated rings. The predicted octanol–water partition coefficient (Wildman–Crippen LogP) is 1.80. The third-order valence-corrected chi connectivity index (χ3v) is 5.33. The number of rotatable bonds is 4. The first-order valence-electron chi connectivity index (χ1n) is 7.22. The van der Waals surface area contributed by atoms with Crippen molar-refractivity contribution in [1.29, 1.82) is 0 Å². The van der Waals surface area contributed by atoms with Crippen LogP contribution >= 0.6 is 0 Å². The summed E-state index contributed by atoms with van der Waals surface area (Å²) >= 11 is 0. The average molecular weight is 324 g/mol. The zero-order valence-electron chi connectivity index (χ0n) is 12.5. The van der Waals surface area contributed by atoms with E-state index in [0.29, 0.717) is 30.6 Å². The van der Waals surface area contributed by atoms with Gasteiger partial charge in [-0.25, -0.2) is 8.42 Å². The van der Waals surface area contributed by atoms with Crippen molar-refractivity contribution >= 4 is 33.0 Å². The molecule has 1 saturated heterocycles. The van der Waals surface area contributed by atoms with E-state index in [4.69, 9.17) is 0 Å². The Kier molecular flexibility index (Phi) is 5.18. The van der Waals surface area contributed by atoms with E-state index in [1.54, 1.807) is 24.3 Å². The molecule has 22 heavy (non-hydrogen) atoms. The molecule has 1 aromatic rings. The molecule has 0 atom stereocenters. The quantitative estimate of drug-likeness (QED) is 0.883. The lowest BCUT2D eigenvalue weighted by Crippen LogP contribution is -2.26. The summed E-state index contributed by atoms with van der Waals surface area (Å²) in [4.78, 5) is 23.0. The van der Waals surface area contributed by atoms with Crippen molar-refractivity contribution in [2.24, 2.45) is 5.92 Å². The van der Waals surface area contributed by atoms with Gasteiger partial charge in [-0.3, -0.25) is 9.59 Å². The maximum absolute atomic E-state index is 12.0. The fourth-order valence-corrected chi connectivity index (χ4v) is 4.08. The van der Waals surface area contributed by atoms with E-state index in [9.17, 15) is 18.0 Å². The van der Waals surface area contributed by atoms with Crippen molar-refractivity contribution in [3.8, 4) is 0 Å². The van der Waals surface area contributed by atoms with Crippen LogP contribution in [0.25, 0.3) is 0 Å². The molecule has 0 radical (unpaired) electrons. The second-order valence-corrected chi connectivity index (χ2v) is 7.91. The molecule has 7 heteroatoms. The highest BCUT2D eigenvalue weighted by molar-refractivity contribution is 7.91. The summed E-state index contributed by atoms with van der Waals surface area (Å²) in [6.45, 7) is 1.42. The number of anilines is 2. The third kappa shape index (κ3) is 5.14. The van der Waals surface area contributed by atoms with Crippen molar-refractivity contribution in [3.63, 3.8) is 0 Å². The van der Waals surface area contributed by atoms with Crippen molar-refractivity contribution < 1.29 is 18.0 Å². The zero-order valence-corrected chi connectivity index (χ0v) is 13.3. The molecule has 1 heterocycles. The molecule has 1 aromatic carbocycles. The maximum atomic E-state index is 12.0. The van der Waals surface area contributed by atoms with Crippen molar-refractivity contribution in [2.45, 2.75) is 26.2 Å². The van der Waals surface area contributed by atoms with E-state index >= 15 is 0 Å². The topological polar surface area (TPSA) is 92.3 Å². The maximum Gasteiger partial charge on any atom is 0.224 e. The van der Waals surface area contributed by atoms with Crippen LogP contribution in [-0.4, -0.2) is 31.7 Å². The summed E-state index contributed by atoms with van der Waals surface area (Å²) in [5.41, 5.74) is 1.23. The Hall–Kier alpha value is -1.89. The molecular formula is C15H20N2O4S. The van der Waals surface area contributed by atoms with Crippen LogP contribution in [0.1, 0.15) is 26.2 Å². The van der Waals surface area contributed by atoms with Gasteiger partial charge < -0.3 is 10.6 Å². The van der Waals surface area contributed by atoms with Gasteiger partial charge in [0.15, 0.2) is 0 Å². The van der Waals surface area contributed by atoms with Gasteiger partial charge in [0.25, 0.3) is 0 Å². The van der Waals surface area contributed by atoms with Gasteiger partial charge >= 0.3 is 0 Å². The number of amides is 2. The number of carbonyl (C=O) groups is 2. The van der Waals surface area contributed by atoms with Crippen LogP contribution in [0.15, 0.2) is 24.3 Å². The minimum Gasteiger partial charge on any atom is -0.326 e. The van der Waals surface area contributed by atoms with Crippen LogP contribution in [0.4, 0.5) is 11.4 Å². The minimum atomic E-state index is -2.90. The Balaban J connectivity index is 1.88. The predicted molar refractivity (Wildman–Crippen MR) is 85.4 cm³/mol. The highest BCUT2D eigenvalue weighted by Crippen LogP contribution is 2.23. The van der Waals surface area contributed by atoms with Crippen molar-refractivity contribution in [1.82, 2.24) is 0 Å². The third-order valence-electron chi connectivity index (χ3n) is 3.61. The first-order valence-corrected chi connectivity index (χ1v) is 9.04. The molecule has 1 aliphatic rings. The molecule has 0 unspecified atom stereocenters. The molecule has 2 rings (SSSR count). The van der Waals surface area contributed by atoms with Gasteiger partial charge in [-0.2, -0.15) is 0 Å². The Morgan fingerprint density at radius 1 is 1.14 bits per heavy atom. The van der Waals surface area contributed by atoms with E-state index in [1.807, 2.05) is 0 Å². The van der Waals surface area contributed by atoms with Crippen LogP contribution < -0.4 is 10.6 Å². The second kappa shape index (κ2) is 6.91. The Labute approximate surface area is 130 Å². The normalized spacial score (nSPS) is 17.7. The van der Waals surface area contributed by atoms with Gasteiger partial charge in [-0.05, 0) is 37.0 Å². The summed E-state index contributed by atoms with van der Waals surface area (Å²) in [6, 6.07) is 6.91. The number of nitrogens with one attached hydrogen (secondary N) is 2. The fourth-order valence-electron chi connectivity index (χ4n) is 2.50. The Morgan fingerprint density at radius 2 is 1.73 bits per heavy atom. The number of benzene rings is 1. The van der Waals surface area contributed by atoms with E-state index in [-0.39, 0.29) is 29.2 Å². The summed E-state index contributed by atoms with van der Waals surface area (Å²) in [5.74, 6) is 0.143. The van der Waals surface area contributed by atoms with Crippen molar-refractivity contribution in [3.05, 3.63) is 24.3 Å². The highest BCUT2D eigenvalue weighted by Gasteiger charge is 2.25. The van der Waals surface area contributed by atoms with Gasteiger partial charge in [0, 0.05) is 24.7 Å². The number of carbonyl (C=O) groups excluding carboxylic acids is 2. The first-order chi connectivity index (χ1) is 10.3. The summed E-state index contributed by atoms with van der Waals surface area (Å²) in [7, 11) is -2.90. The van der Waals surface area contributed by atoms with Crippen LogP contribution in [0, 0.1) is 5.92 Å². The van der Waals surface area contributed by atoms with Gasteiger partial charge in [0.05, 0.1) is 11.5 Å². The average Bonchev–Trinajstić information content (AvgIpc) is 2.41. The molecule has 120 valence electrons. The first kappa shape index (κ1) is 16.5. The SMILES string of the molecule is CC(=O)Nc1cccc(NC(=O)CC2CCS(=O)(=O)CC2)c1. The lowest BCUT2D eigenvalue weighted by molar-refractivity contribution is -0.117. The monoisotopic (exact) mass is 324 g/mol. The standard InChI is InChI=1S/C15H20N2O4S/c1-11(18)16-13-3-2-4-14(10-13)17-15(19)9-12-5-7-22(20,21)8-6-12/h2-4,10,12H,5-9H2,1H3,(H,16,18)(H,17,19). The van der Waals surface area contributed by atoms with Gasteiger partial charge in [-0.1, -0.05) is 6.07 Å². The fraction of sp³-hybridized carbons (Fsp3) is 0.467. The van der Waals surface area contributed by atoms with Crippen molar-refractivity contribution in [2.75, 3.05) is 22.1 Å². The largest absolute Gasteiger partial charge is 0.326 e. The molecule has 2 N–H and O–H groups in total.